The second-order valence-electron chi connectivity index (χ2n) is 2.97. The van der Waals surface area contributed by atoms with Gasteiger partial charge in [-0.15, -0.1) is 0 Å². The molecule has 2 rings (SSSR count). The molecule has 0 saturated heterocycles. The molecule has 3 N–H and O–H groups in total. The van der Waals surface area contributed by atoms with E-state index in [1.807, 2.05) is 25.1 Å². The van der Waals surface area contributed by atoms with E-state index < -0.39 is 0 Å². The molecule has 0 fully saturated rings. The van der Waals surface area contributed by atoms with Gasteiger partial charge in [0.25, 0.3) is 0 Å². The van der Waals surface area contributed by atoms with Crippen LogP contribution in [0, 0.1) is 11.6 Å². The lowest BCUT2D eigenvalue weighted by molar-refractivity contribution is 1.27. The number of aromatic nitrogens is 2. The van der Waals surface area contributed by atoms with Crippen LogP contribution in [0.4, 0.5) is 5.82 Å². The number of rotatable bonds is 0. The lowest BCUT2D eigenvalue weighted by Crippen LogP contribution is -1.94. The highest BCUT2D eigenvalue weighted by molar-refractivity contribution is 7.71. The average Bonchev–Trinajstić information content (AvgIpc) is 2.08. The van der Waals surface area contributed by atoms with Crippen molar-refractivity contribution in [3.63, 3.8) is 0 Å². The van der Waals surface area contributed by atoms with Gasteiger partial charge in [0.05, 0.1) is 11.0 Å². The fraction of sp³-hybridized carbons (Fsp3) is 0.111. The summed E-state index contributed by atoms with van der Waals surface area (Å²) in [4.78, 5) is 7.19. The molecule has 0 aliphatic carbocycles. The molecular formula is C9H9N3S. The second-order valence-corrected chi connectivity index (χ2v) is 3.38. The van der Waals surface area contributed by atoms with Crippen molar-refractivity contribution in [3.05, 3.63) is 28.4 Å². The van der Waals surface area contributed by atoms with Gasteiger partial charge in [-0.2, -0.15) is 0 Å². The Balaban J connectivity index is 2.89. The maximum absolute atomic E-state index is 5.59. The first-order valence-electron chi connectivity index (χ1n) is 3.93. The van der Waals surface area contributed by atoms with Crippen molar-refractivity contribution >= 4 is 29.1 Å². The summed E-state index contributed by atoms with van der Waals surface area (Å²) in [7, 11) is 0. The molecule has 1 heterocycles. The van der Waals surface area contributed by atoms with E-state index in [1.54, 1.807) is 0 Å². The summed E-state index contributed by atoms with van der Waals surface area (Å²) in [6.45, 7) is 2.01. The van der Waals surface area contributed by atoms with Crippen molar-refractivity contribution < 1.29 is 0 Å². The van der Waals surface area contributed by atoms with Crippen molar-refractivity contribution in [1.82, 2.24) is 9.97 Å². The first-order valence-corrected chi connectivity index (χ1v) is 4.34. The van der Waals surface area contributed by atoms with Gasteiger partial charge in [0.1, 0.15) is 4.64 Å². The molecule has 0 unspecified atom stereocenters. The summed E-state index contributed by atoms with van der Waals surface area (Å²) in [5.74, 6) is 0.383. The fourth-order valence-corrected chi connectivity index (χ4v) is 1.36. The maximum Gasteiger partial charge on any atom is 0.159 e. The Hall–Kier alpha value is -1.42. The Morgan fingerprint density at radius 1 is 1.46 bits per heavy atom. The quantitative estimate of drug-likeness (QED) is 0.627. The number of nitrogens with one attached hydrogen (secondary N) is 1. The van der Waals surface area contributed by atoms with Crippen LogP contribution in [0.15, 0.2) is 18.2 Å². The zero-order chi connectivity index (χ0) is 9.42. The summed E-state index contributed by atoms with van der Waals surface area (Å²) in [5, 5.41) is 0. The van der Waals surface area contributed by atoms with Gasteiger partial charge in [-0.25, -0.2) is 4.98 Å². The van der Waals surface area contributed by atoms with Gasteiger partial charge >= 0.3 is 0 Å². The van der Waals surface area contributed by atoms with Crippen LogP contribution in [0.1, 0.15) is 5.56 Å². The number of benzene rings is 1. The van der Waals surface area contributed by atoms with Crippen molar-refractivity contribution in [2.24, 2.45) is 0 Å². The molecule has 0 bridgehead atoms. The van der Waals surface area contributed by atoms with E-state index in [1.165, 1.54) is 0 Å². The first kappa shape index (κ1) is 8.19. The zero-order valence-electron chi connectivity index (χ0n) is 7.16. The number of anilines is 1. The monoisotopic (exact) mass is 191 g/mol. The van der Waals surface area contributed by atoms with E-state index in [-0.39, 0.29) is 0 Å². The summed E-state index contributed by atoms with van der Waals surface area (Å²) < 4.78 is 0.497. The van der Waals surface area contributed by atoms with Crippen LogP contribution >= 0.6 is 12.2 Å². The molecule has 66 valence electrons. The topological polar surface area (TPSA) is 54.7 Å². The highest BCUT2D eigenvalue weighted by Crippen LogP contribution is 2.13. The van der Waals surface area contributed by atoms with Crippen LogP contribution in [-0.4, -0.2) is 9.97 Å². The molecule has 1 aromatic heterocycles. The lowest BCUT2D eigenvalue weighted by Gasteiger charge is -2.00. The Morgan fingerprint density at radius 2 is 2.23 bits per heavy atom. The number of aryl methyl sites for hydroxylation is 1. The molecule has 0 radical (unpaired) electrons. The largest absolute Gasteiger partial charge is 0.381 e. The third-order valence-electron chi connectivity index (χ3n) is 1.87. The minimum absolute atomic E-state index is 0.383. The number of hydrogen-bond acceptors (Lipinski definition) is 3. The van der Waals surface area contributed by atoms with E-state index in [0.717, 1.165) is 16.6 Å². The number of aromatic amines is 1. The van der Waals surface area contributed by atoms with Gasteiger partial charge in [0.2, 0.25) is 0 Å². The van der Waals surface area contributed by atoms with Gasteiger partial charge in [0.15, 0.2) is 5.82 Å². The average molecular weight is 191 g/mol. The molecule has 0 aliphatic heterocycles. The highest BCUT2D eigenvalue weighted by Gasteiger charge is 1.97. The van der Waals surface area contributed by atoms with E-state index in [9.17, 15) is 0 Å². The van der Waals surface area contributed by atoms with Crippen LogP contribution < -0.4 is 5.73 Å². The third-order valence-corrected chi connectivity index (χ3v) is 2.19. The van der Waals surface area contributed by atoms with E-state index in [0.29, 0.717) is 10.5 Å². The molecule has 13 heavy (non-hydrogen) atoms. The Bertz CT molecular complexity index is 516. The van der Waals surface area contributed by atoms with Crippen LogP contribution in [-0.2, 0) is 0 Å². The number of fused-ring (bicyclic) bond motifs is 1. The first-order chi connectivity index (χ1) is 6.16. The summed E-state index contributed by atoms with van der Waals surface area (Å²) in [6.07, 6.45) is 0. The summed E-state index contributed by atoms with van der Waals surface area (Å²) >= 11 is 4.97. The molecule has 0 aliphatic rings. The molecule has 3 nitrogen and oxygen atoms in total. The molecule has 2 aromatic rings. The number of nitrogens with two attached hydrogens (primary N) is 1. The van der Waals surface area contributed by atoms with Crippen molar-refractivity contribution in [2.45, 2.75) is 6.92 Å². The second kappa shape index (κ2) is 2.81. The number of H-pyrrole nitrogens is 1. The number of hydrogen-bond donors (Lipinski definition) is 2. The summed E-state index contributed by atoms with van der Waals surface area (Å²) in [6, 6.07) is 5.93. The molecule has 0 saturated carbocycles. The molecule has 0 amide bonds. The third kappa shape index (κ3) is 1.40. The SMILES string of the molecule is Cc1ccc2[nH]c(=S)c(N)nc2c1. The van der Waals surface area contributed by atoms with E-state index in [4.69, 9.17) is 18.0 Å². The van der Waals surface area contributed by atoms with Gasteiger partial charge in [-0.05, 0) is 24.6 Å². The van der Waals surface area contributed by atoms with E-state index in [2.05, 4.69) is 9.97 Å². The normalized spacial score (nSPS) is 10.5. The highest BCUT2D eigenvalue weighted by atomic mass is 32.1. The Kier molecular flexibility index (Phi) is 1.77. The van der Waals surface area contributed by atoms with Crippen LogP contribution in [0.25, 0.3) is 11.0 Å². The van der Waals surface area contributed by atoms with Crippen LogP contribution in [0.3, 0.4) is 0 Å². The van der Waals surface area contributed by atoms with E-state index >= 15 is 0 Å². The molecule has 1 aromatic carbocycles. The van der Waals surface area contributed by atoms with Crippen molar-refractivity contribution in [1.29, 1.82) is 0 Å². The summed E-state index contributed by atoms with van der Waals surface area (Å²) in [5.41, 5.74) is 8.52. The Labute approximate surface area is 80.6 Å². The van der Waals surface area contributed by atoms with Gasteiger partial charge in [-0.1, -0.05) is 18.3 Å². The standard InChI is InChI=1S/C9H9N3S/c1-5-2-3-6-7(4-5)11-8(10)9(13)12-6/h2-4H,1H3,(H2,10,11)(H,12,13). The van der Waals surface area contributed by atoms with Crippen molar-refractivity contribution in [3.8, 4) is 0 Å². The zero-order valence-corrected chi connectivity index (χ0v) is 7.98. The minimum Gasteiger partial charge on any atom is -0.381 e. The van der Waals surface area contributed by atoms with Gasteiger partial charge in [0, 0.05) is 0 Å². The molecule has 4 heteroatoms. The molecule has 0 spiro atoms. The maximum atomic E-state index is 5.59. The van der Waals surface area contributed by atoms with Gasteiger partial charge in [-0.3, -0.25) is 0 Å². The smallest absolute Gasteiger partial charge is 0.159 e. The van der Waals surface area contributed by atoms with Gasteiger partial charge < -0.3 is 10.7 Å². The van der Waals surface area contributed by atoms with Crippen molar-refractivity contribution in [2.75, 3.05) is 5.73 Å². The number of nitrogens with zero attached hydrogens (tertiary/aromatic N) is 1. The minimum atomic E-state index is 0.383. The lowest BCUT2D eigenvalue weighted by atomic mass is 10.2. The van der Waals surface area contributed by atoms with Crippen LogP contribution in [0.5, 0.6) is 0 Å². The predicted octanol–water partition coefficient (Wildman–Crippen LogP) is 2.18. The predicted molar refractivity (Wildman–Crippen MR) is 56.1 cm³/mol. The number of nitrogen functional groups attached to an aromatic ring is 1. The Morgan fingerprint density at radius 3 is 3.00 bits per heavy atom. The molecule has 0 atom stereocenters. The molecular weight excluding hydrogens is 182 g/mol. The van der Waals surface area contributed by atoms with Crippen LogP contribution in [0.2, 0.25) is 0 Å². The fourth-order valence-electron chi connectivity index (χ4n) is 1.21.